The molecule has 0 bridgehead atoms. The lowest BCUT2D eigenvalue weighted by Gasteiger charge is -2.22. The Kier molecular flexibility index (Phi) is 5.12. The predicted molar refractivity (Wildman–Crippen MR) is 86.0 cm³/mol. The van der Waals surface area contributed by atoms with Crippen LogP contribution in [-0.2, 0) is 9.53 Å². The normalized spacial score (nSPS) is 10.9. The van der Waals surface area contributed by atoms with Crippen LogP contribution in [0.5, 0.6) is 0 Å². The van der Waals surface area contributed by atoms with Crippen molar-refractivity contribution in [1.82, 2.24) is 9.97 Å². The van der Waals surface area contributed by atoms with E-state index in [9.17, 15) is 4.79 Å². The van der Waals surface area contributed by atoms with Gasteiger partial charge < -0.3 is 9.64 Å². The first-order valence-corrected chi connectivity index (χ1v) is 8.01. The lowest BCUT2D eigenvalue weighted by Crippen LogP contribution is -2.32. The maximum Gasteiger partial charge on any atom is 0.325 e. The minimum Gasteiger partial charge on any atom is -0.465 e. The van der Waals surface area contributed by atoms with Gasteiger partial charge in [0, 0.05) is 11.4 Å². The minimum atomic E-state index is -0.220. The summed E-state index contributed by atoms with van der Waals surface area (Å²) in [6.07, 6.45) is 2.51. The molecule has 0 aromatic carbocycles. The van der Waals surface area contributed by atoms with Crippen LogP contribution in [0.4, 0.5) is 5.82 Å². The van der Waals surface area contributed by atoms with Gasteiger partial charge in [-0.25, -0.2) is 9.97 Å². The van der Waals surface area contributed by atoms with Gasteiger partial charge in [-0.15, -0.1) is 11.3 Å². The Morgan fingerprint density at radius 1 is 1.33 bits per heavy atom. The average molecular weight is 307 g/mol. The third kappa shape index (κ3) is 3.32. The molecule has 0 aliphatic rings. The van der Waals surface area contributed by atoms with Crippen LogP contribution in [0, 0.1) is 13.8 Å². The van der Waals surface area contributed by atoms with Crippen molar-refractivity contribution in [2.75, 3.05) is 24.6 Å². The average Bonchev–Trinajstić information content (AvgIpc) is 2.74. The first-order valence-electron chi connectivity index (χ1n) is 7.19. The second-order valence-electron chi connectivity index (χ2n) is 4.89. The molecule has 0 amide bonds. The lowest BCUT2D eigenvalue weighted by atomic mass is 10.2. The highest BCUT2D eigenvalue weighted by molar-refractivity contribution is 7.18. The monoisotopic (exact) mass is 307 g/mol. The molecule has 0 atom stereocenters. The number of esters is 1. The third-order valence-corrected chi connectivity index (χ3v) is 4.48. The van der Waals surface area contributed by atoms with Gasteiger partial charge in [0.15, 0.2) is 0 Å². The Labute approximate surface area is 129 Å². The van der Waals surface area contributed by atoms with Crippen molar-refractivity contribution >= 4 is 33.3 Å². The van der Waals surface area contributed by atoms with Crippen molar-refractivity contribution < 1.29 is 9.53 Å². The van der Waals surface area contributed by atoms with E-state index in [0.29, 0.717) is 6.61 Å². The van der Waals surface area contributed by atoms with Gasteiger partial charge in [0.2, 0.25) is 0 Å². The number of ether oxygens (including phenoxy) is 1. The van der Waals surface area contributed by atoms with Crippen molar-refractivity contribution in [3.05, 3.63) is 16.8 Å². The molecule has 2 aromatic rings. The second-order valence-corrected chi connectivity index (χ2v) is 6.09. The molecule has 0 spiro atoms. The van der Waals surface area contributed by atoms with Gasteiger partial charge in [-0.1, -0.05) is 6.92 Å². The van der Waals surface area contributed by atoms with Gasteiger partial charge in [0.05, 0.1) is 12.0 Å². The van der Waals surface area contributed by atoms with Gasteiger partial charge in [-0.05, 0) is 32.8 Å². The van der Waals surface area contributed by atoms with Crippen LogP contribution in [0.2, 0.25) is 0 Å². The molecule has 0 N–H and O–H groups in total. The van der Waals surface area contributed by atoms with Crippen LogP contribution >= 0.6 is 11.3 Å². The fourth-order valence-electron chi connectivity index (χ4n) is 2.30. The zero-order valence-electron chi connectivity index (χ0n) is 13.0. The molecular weight excluding hydrogens is 286 g/mol. The quantitative estimate of drug-likeness (QED) is 0.768. The molecule has 0 fully saturated rings. The van der Waals surface area contributed by atoms with Crippen LogP contribution in [0.3, 0.4) is 0 Å². The highest BCUT2D eigenvalue weighted by Gasteiger charge is 2.19. The molecule has 0 radical (unpaired) electrons. The highest BCUT2D eigenvalue weighted by Crippen LogP contribution is 2.34. The summed E-state index contributed by atoms with van der Waals surface area (Å²) in [4.78, 5) is 24.8. The van der Waals surface area contributed by atoms with Crippen molar-refractivity contribution in [2.24, 2.45) is 0 Å². The number of fused-ring (bicyclic) bond motifs is 1. The molecule has 114 valence electrons. The summed E-state index contributed by atoms with van der Waals surface area (Å²) in [5, 5.41) is 1.05. The van der Waals surface area contributed by atoms with Gasteiger partial charge in [-0.3, -0.25) is 4.79 Å². The first-order chi connectivity index (χ1) is 10.1. The number of carbonyl (C=O) groups is 1. The Hall–Kier alpha value is -1.69. The Bertz CT molecular complexity index is 639. The van der Waals surface area contributed by atoms with Crippen molar-refractivity contribution in [1.29, 1.82) is 0 Å². The second kappa shape index (κ2) is 6.85. The van der Waals surface area contributed by atoms with Crippen molar-refractivity contribution in [2.45, 2.75) is 34.1 Å². The standard InChI is InChI=1S/C15H21N3O2S/c1-5-7-18(8-12(19)20-6-2)14-13-10(3)11(4)21-15(13)17-9-16-14/h9H,5-8H2,1-4H3. The van der Waals surface area contributed by atoms with Gasteiger partial charge >= 0.3 is 5.97 Å². The summed E-state index contributed by atoms with van der Waals surface area (Å²) in [7, 11) is 0. The Morgan fingerprint density at radius 2 is 2.10 bits per heavy atom. The van der Waals surface area contributed by atoms with Crippen LogP contribution in [0.15, 0.2) is 6.33 Å². The molecule has 0 aliphatic carbocycles. The summed E-state index contributed by atoms with van der Waals surface area (Å²) >= 11 is 1.66. The van der Waals surface area contributed by atoms with E-state index in [2.05, 4.69) is 30.7 Å². The number of aromatic nitrogens is 2. The number of hydrogen-bond donors (Lipinski definition) is 0. The summed E-state index contributed by atoms with van der Waals surface area (Å²) in [5.41, 5.74) is 1.19. The summed E-state index contributed by atoms with van der Waals surface area (Å²) in [5.74, 6) is 0.610. The number of aryl methyl sites for hydroxylation is 2. The maximum atomic E-state index is 11.8. The summed E-state index contributed by atoms with van der Waals surface area (Å²) in [6, 6.07) is 0. The number of nitrogens with zero attached hydrogens (tertiary/aromatic N) is 3. The van der Waals surface area contributed by atoms with E-state index in [1.165, 1.54) is 10.4 Å². The van der Waals surface area contributed by atoms with Crippen LogP contribution in [0.25, 0.3) is 10.2 Å². The van der Waals surface area contributed by atoms with E-state index in [0.717, 1.165) is 29.0 Å². The molecule has 21 heavy (non-hydrogen) atoms. The van der Waals surface area contributed by atoms with Crippen LogP contribution < -0.4 is 4.90 Å². The zero-order valence-corrected chi connectivity index (χ0v) is 13.8. The SMILES string of the molecule is CCCN(CC(=O)OCC)c1ncnc2sc(C)c(C)c12. The molecular formula is C15H21N3O2S. The summed E-state index contributed by atoms with van der Waals surface area (Å²) in [6.45, 7) is 9.45. The van der Waals surface area contributed by atoms with E-state index in [4.69, 9.17) is 4.74 Å². The first kappa shape index (κ1) is 15.7. The van der Waals surface area contributed by atoms with Crippen LogP contribution in [0.1, 0.15) is 30.7 Å². The number of rotatable bonds is 6. The number of hydrogen-bond acceptors (Lipinski definition) is 6. The van der Waals surface area contributed by atoms with E-state index in [-0.39, 0.29) is 12.5 Å². The molecule has 2 aromatic heterocycles. The van der Waals surface area contributed by atoms with Gasteiger partial charge in [0.25, 0.3) is 0 Å². The molecule has 0 aliphatic heterocycles. The topological polar surface area (TPSA) is 55.3 Å². The lowest BCUT2D eigenvalue weighted by molar-refractivity contribution is -0.141. The molecule has 0 unspecified atom stereocenters. The number of carbonyl (C=O) groups excluding carboxylic acids is 1. The Morgan fingerprint density at radius 3 is 2.76 bits per heavy atom. The van der Waals surface area contributed by atoms with Gasteiger partial charge in [0.1, 0.15) is 23.5 Å². The largest absolute Gasteiger partial charge is 0.465 e. The van der Waals surface area contributed by atoms with Gasteiger partial charge in [-0.2, -0.15) is 0 Å². The summed E-state index contributed by atoms with van der Waals surface area (Å²) < 4.78 is 5.07. The van der Waals surface area contributed by atoms with Crippen molar-refractivity contribution in [3.63, 3.8) is 0 Å². The fraction of sp³-hybridized carbons (Fsp3) is 0.533. The maximum absolute atomic E-state index is 11.8. The molecule has 2 heterocycles. The van der Waals surface area contributed by atoms with Crippen LogP contribution in [-0.4, -0.2) is 35.6 Å². The molecule has 0 saturated heterocycles. The molecule has 6 heteroatoms. The van der Waals surface area contributed by atoms with E-state index < -0.39 is 0 Å². The number of thiophene rings is 1. The highest BCUT2D eigenvalue weighted by atomic mass is 32.1. The van der Waals surface area contributed by atoms with E-state index in [1.807, 2.05) is 11.8 Å². The van der Waals surface area contributed by atoms with Crippen molar-refractivity contribution in [3.8, 4) is 0 Å². The molecule has 2 rings (SSSR count). The third-order valence-electron chi connectivity index (χ3n) is 3.36. The predicted octanol–water partition coefficient (Wildman–Crippen LogP) is 3.09. The molecule has 0 saturated carbocycles. The molecule has 5 nitrogen and oxygen atoms in total. The fourth-order valence-corrected chi connectivity index (χ4v) is 3.29. The minimum absolute atomic E-state index is 0.220. The Balaban J connectivity index is 2.42. The number of anilines is 1. The van der Waals surface area contributed by atoms with E-state index in [1.54, 1.807) is 17.7 Å². The smallest absolute Gasteiger partial charge is 0.325 e. The van der Waals surface area contributed by atoms with E-state index >= 15 is 0 Å². The zero-order chi connectivity index (χ0) is 15.4.